The Morgan fingerprint density at radius 3 is 2.60 bits per heavy atom. The molecule has 1 N–H and O–H groups in total. The fraction of sp³-hybridized carbons (Fsp3) is 0.938. The Labute approximate surface area is 123 Å². The standard InChI is InChI=1S/C16H30N2O2/c1-12-7-5-6-8-14(12)18(3)13-9-10-16(11-13,17-2)15(19)20-4/h12-14,17H,5-11H2,1-4H3. The summed E-state index contributed by atoms with van der Waals surface area (Å²) in [6.07, 6.45) is 8.20. The number of rotatable bonds is 4. The van der Waals surface area contributed by atoms with Crippen LogP contribution in [0.5, 0.6) is 0 Å². The van der Waals surface area contributed by atoms with Crippen molar-refractivity contribution in [2.45, 2.75) is 69.5 Å². The van der Waals surface area contributed by atoms with Gasteiger partial charge in [-0.2, -0.15) is 0 Å². The first-order chi connectivity index (χ1) is 9.54. The molecule has 0 amide bonds. The summed E-state index contributed by atoms with van der Waals surface area (Å²) in [6, 6.07) is 1.17. The van der Waals surface area contributed by atoms with E-state index in [0.717, 1.165) is 25.2 Å². The SMILES string of the molecule is CNC1(C(=O)OC)CCC(N(C)C2CCCCC2C)C1. The average Bonchev–Trinajstić information content (AvgIpc) is 2.92. The van der Waals surface area contributed by atoms with Crippen LogP contribution in [-0.2, 0) is 9.53 Å². The lowest BCUT2D eigenvalue weighted by Crippen LogP contribution is -2.51. The number of carbonyl (C=O) groups is 1. The van der Waals surface area contributed by atoms with Gasteiger partial charge in [-0.15, -0.1) is 0 Å². The molecule has 2 aliphatic carbocycles. The number of nitrogens with one attached hydrogen (secondary N) is 1. The van der Waals surface area contributed by atoms with Gasteiger partial charge in [0.15, 0.2) is 0 Å². The van der Waals surface area contributed by atoms with Crippen LogP contribution in [0.25, 0.3) is 0 Å². The maximum Gasteiger partial charge on any atom is 0.326 e. The Morgan fingerprint density at radius 2 is 2.00 bits per heavy atom. The van der Waals surface area contributed by atoms with E-state index in [4.69, 9.17) is 4.74 Å². The predicted octanol–water partition coefficient (Wildman–Crippen LogP) is 2.18. The molecule has 2 rings (SSSR count). The topological polar surface area (TPSA) is 41.6 Å². The molecule has 4 heteroatoms. The normalized spacial score (nSPS) is 38.1. The molecule has 0 aromatic heterocycles. The maximum atomic E-state index is 12.1. The van der Waals surface area contributed by atoms with Crippen LogP contribution in [0.2, 0.25) is 0 Å². The third-order valence-electron chi connectivity index (χ3n) is 5.71. The van der Waals surface area contributed by atoms with Crippen molar-refractivity contribution in [2.24, 2.45) is 5.92 Å². The van der Waals surface area contributed by atoms with Crippen molar-refractivity contribution < 1.29 is 9.53 Å². The molecule has 2 aliphatic rings. The fourth-order valence-corrected chi connectivity index (χ4v) is 4.25. The van der Waals surface area contributed by atoms with Crippen molar-refractivity contribution in [3.63, 3.8) is 0 Å². The number of hydrogen-bond acceptors (Lipinski definition) is 4. The van der Waals surface area contributed by atoms with E-state index in [1.54, 1.807) is 0 Å². The van der Waals surface area contributed by atoms with E-state index in [9.17, 15) is 4.79 Å². The lowest BCUT2D eigenvalue weighted by Gasteiger charge is -2.40. The summed E-state index contributed by atoms with van der Waals surface area (Å²) in [5.41, 5.74) is -0.467. The molecule has 2 saturated carbocycles. The van der Waals surface area contributed by atoms with Gasteiger partial charge in [0.2, 0.25) is 0 Å². The number of nitrogens with zero attached hydrogens (tertiary/aromatic N) is 1. The van der Waals surface area contributed by atoms with Crippen LogP contribution in [-0.4, -0.2) is 49.7 Å². The van der Waals surface area contributed by atoms with E-state index in [-0.39, 0.29) is 5.97 Å². The van der Waals surface area contributed by atoms with Gasteiger partial charge >= 0.3 is 5.97 Å². The van der Waals surface area contributed by atoms with E-state index in [1.165, 1.54) is 32.8 Å². The average molecular weight is 282 g/mol. The molecule has 0 aliphatic heterocycles. The van der Waals surface area contributed by atoms with Gasteiger partial charge in [0, 0.05) is 12.1 Å². The molecule has 4 unspecified atom stereocenters. The van der Waals surface area contributed by atoms with Crippen molar-refractivity contribution in [3.05, 3.63) is 0 Å². The minimum absolute atomic E-state index is 0.104. The largest absolute Gasteiger partial charge is 0.468 e. The van der Waals surface area contributed by atoms with Crippen molar-refractivity contribution in [3.8, 4) is 0 Å². The van der Waals surface area contributed by atoms with Crippen molar-refractivity contribution >= 4 is 5.97 Å². The predicted molar refractivity (Wildman–Crippen MR) is 80.6 cm³/mol. The molecule has 4 atom stereocenters. The van der Waals surface area contributed by atoms with Crippen LogP contribution in [0, 0.1) is 5.92 Å². The minimum atomic E-state index is -0.467. The second-order valence-corrected chi connectivity index (χ2v) is 6.71. The fourth-order valence-electron chi connectivity index (χ4n) is 4.25. The molecule has 0 aromatic rings. The van der Waals surface area contributed by atoms with Gasteiger partial charge < -0.3 is 15.0 Å². The van der Waals surface area contributed by atoms with Crippen molar-refractivity contribution in [1.82, 2.24) is 10.2 Å². The quantitative estimate of drug-likeness (QED) is 0.803. The van der Waals surface area contributed by atoms with E-state index in [1.807, 2.05) is 7.05 Å². The lowest BCUT2D eigenvalue weighted by atomic mass is 9.84. The smallest absolute Gasteiger partial charge is 0.326 e. The molecule has 0 spiro atoms. The lowest BCUT2D eigenvalue weighted by molar-refractivity contribution is -0.148. The van der Waals surface area contributed by atoms with Gasteiger partial charge in [0.05, 0.1) is 7.11 Å². The molecule has 0 heterocycles. The maximum absolute atomic E-state index is 12.1. The Bertz CT molecular complexity index is 347. The van der Waals surface area contributed by atoms with Crippen LogP contribution < -0.4 is 5.32 Å². The summed E-state index contributed by atoms with van der Waals surface area (Å²) < 4.78 is 5.00. The summed E-state index contributed by atoms with van der Waals surface area (Å²) in [7, 11) is 5.62. The van der Waals surface area contributed by atoms with E-state index in [0.29, 0.717) is 12.1 Å². The van der Waals surface area contributed by atoms with Crippen LogP contribution >= 0.6 is 0 Å². The number of ether oxygens (including phenoxy) is 1. The first-order valence-corrected chi connectivity index (χ1v) is 8.03. The van der Waals surface area contributed by atoms with E-state index in [2.05, 4.69) is 24.2 Å². The van der Waals surface area contributed by atoms with E-state index < -0.39 is 5.54 Å². The minimum Gasteiger partial charge on any atom is -0.468 e. The molecule has 0 bridgehead atoms. The second-order valence-electron chi connectivity index (χ2n) is 6.71. The Balaban J connectivity index is 2.02. The summed E-state index contributed by atoms with van der Waals surface area (Å²) in [6.45, 7) is 2.38. The summed E-state index contributed by atoms with van der Waals surface area (Å²) in [4.78, 5) is 14.6. The molecule has 4 nitrogen and oxygen atoms in total. The highest BCUT2D eigenvalue weighted by Gasteiger charge is 2.47. The molecule has 0 radical (unpaired) electrons. The van der Waals surface area contributed by atoms with Gasteiger partial charge in [0.25, 0.3) is 0 Å². The molecular weight excluding hydrogens is 252 g/mol. The highest BCUT2D eigenvalue weighted by atomic mass is 16.5. The molecule has 0 saturated heterocycles. The van der Waals surface area contributed by atoms with Gasteiger partial charge in [-0.25, -0.2) is 0 Å². The van der Waals surface area contributed by atoms with Crippen molar-refractivity contribution in [2.75, 3.05) is 21.2 Å². The monoisotopic (exact) mass is 282 g/mol. The summed E-state index contributed by atoms with van der Waals surface area (Å²) in [5.74, 6) is 0.670. The number of carbonyl (C=O) groups excluding carboxylic acids is 1. The summed E-state index contributed by atoms with van der Waals surface area (Å²) >= 11 is 0. The second kappa shape index (κ2) is 6.44. The van der Waals surface area contributed by atoms with Gasteiger partial charge in [-0.05, 0) is 52.1 Å². The zero-order valence-corrected chi connectivity index (χ0v) is 13.4. The Morgan fingerprint density at radius 1 is 1.30 bits per heavy atom. The Hall–Kier alpha value is -0.610. The third kappa shape index (κ3) is 2.86. The molecule has 0 aromatic carbocycles. The van der Waals surface area contributed by atoms with Crippen LogP contribution in [0.1, 0.15) is 51.9 Å². The van der Waals surface area contributed by atoms with Crippen LogP contribution in [0.3, 0.4) is 0 Å². The number of hydrogen-bond donors (Lipinski definition) is 1. The number of likely N-dealkylation sites (N-methyl/N-ethyl adjacent to an activating group) is 1. The zero-order valence-electron chi connectivity index (χ0n) is 13.4. The highest BCUT2D eigenvalue weighted by Crippen LogP contribution is 2.37. The van der Waals surface area contributed by atoms with Gasteiger partial charge in [0.1, 0.15) is 5.54 Å². The van der Waals surface area contributed by atoms with Crippen LogP contribution in [0.4, 0.5) is 0 Å². The van der Waals surface area contributed by atoms with E-state index >= 15 is 0 Å². The van der Waals surface area contributed by atoms with Crippen molar-refractivity contribution in [1.29, 1.82) is 0 Å². The third-order valence-corrected chi connectivity index (χ3v) is 5.71. The molecule has 116 valence electrons. The van der Waals surface area contributed by atoms with Crippen LogP contribution in [0.15, 0.2) is 0 Å². The molecule has 20 heavy (non-hydrogen) atoms. The van der Waals surface area contributed by atoms with Gasteiger partial charge in [-0.3, -0.25) is 4.79 Å². The molecule has 2 fully saturated rings. The Kier molecular flexibility index (Phi) is 5.08. The summed E-state index contributed by atoms with van der Waals surface area (Å²) in [5, 5.41) is 3.23. The first kappa shape index (κ1) is 15.8. The molecular formula is C16H30N2O2. The van der Waals surface area contributed by atoms with Gasteiger partial charge in [-0.1, -0.05) is 19.8 Å². The number of methoxy groups -OCH3 is 1. The highest BCUT2D eigenvalue weighted by molar-refractivity contribution is 5.81. The zero-order chi connectivity index (χ0) is 14.8. The number of esters is 1. The first-order valence-electron chi connectivity index (χ1n) is 8.03.